The summed E-state index contributed by atoms with van der Waals surface area (Å²) in [7, 11) is 2.00. The SMILES string of the molecule is Cc1cc(C)n(C)c1N=Nc1ccccc1. The molecule has 0 bridgehead atoms. The first-order valence-electron chi connectivity index (χ1n) is 5.28. The van der Waals surface area contributed by atoms with Gasteiger partial charge in [0.15, 0.2) is 5.82 Å². The molecular formula is C13H15N3. The van der Waals surface area contributed by atoms with Crippen molar-refractivity contribution in [1.82, 2.24) is 4.57 Å². The van der Waals surface area contributed by atoms with Gasteiger partial charge in [0, 0.05) is 12.7 Å². The number of hydrogen-bond acceptors (Lipinski definition) is 2. The fourth-order valence-electron chi connectivity index (χ4n) is 1.65. The molecule has 0 radical (unpaired) electrons. The van der Waals surface area contributed by atoms with Gasteiger partial charge in [0.25, 0.3) is 0 Å². The van der Waals surface area contributed by atoms with Gasteiger partial charge in [0.1, 0.15) is 0 Å². The number of rotatable bonds is 2. The number of nitrogens with zero attached hydrogens (tertiary/aromatic N) is 3. The molecule has 82 valence electrons. The summed E-state index contributed by atoms with van der Waals surface area (Å²) in [6.45, 7) is 4.11. The molecule has 3 nitrogen and oxygen atoms in total. The van der Waals surface area contributed by atoms with Gasteiger partial charge in [-0.15, -0.1) is 10.2 Å². The number of benzene rings is 1. The Morgan fingerprint density at radius 2 is 1.69 bits per heavy atom. The third kappa shape index (κ3) is 2.03. The highest BCUT2D eigenvalue weighted by molar-refractivity contribution is 5.43. The van der Waals surface area contributed by atoms with Crippen molar-refractivity contribution in [1.29, 1.82) is 0 Å². The molecule has 0 atom stereocenters. The van der Waals surface area contributed by atoms with Crippen LogP contribution in [-0.4, -0.2) is 4.57 Å². The standard InChI is InChI=1S/C13H15N3/c1-10-9-11(2)16(3)13(10)15-14-12-7-5-4-6-8-12/h4-9H,1-3H3. The molecule has 16 heavy (non-hydrogen) atoms. The maximum absolute atomic E-state index is 4.28. The van der Waals surface area contributed by atoms with Crippen LogP contribution in [0.25, 0.3) is 0 Å². The van der Waals surface area contributed by atoms with E-state index in [0.29, 0.717) is 0 Å². The maximum Gasteiger partial charge on any atom is 0.158 e. The van der Waals surface area contributed by atoms with Gasteiger partial charge in [-0.25, -0.2) is 0 Å². The fourth-order valence-corrected chi connectivity index (χ4v) is 1.65. The van der Waals surface area contributed by atoms with Gasteiger partial charge in [-0.2, -0.15) is 0 Å². The Morgan fingerprint density at radius 3 is 2.25 bits per heavy atom. The highest BCUT2D eigenvalue weighted by Crippen LogP contribution is 2.24. The largest absolute Gasteiger partial charge is 0.332 e. The summed E-state index contributed by atoms with van der Waals surface area (Å²) in [4.78, 5) is 0. The van der Waals surface area contributed by atoms with Gasteiger partial charge in [-0.05, 0) is 37.6 Å². The van der Waals surface area contributed by atoms with Gasteiger partial charge in [-0.1, -0.05) is 18.2 Å². The Hall–Kier alpha value is -1.90. The number of azo groups is 1. The van der Waals surface area contributed by atoms with Crippen molar-refractivity contribution >= 4 is 11.5 Å². The van der Waals surface area contributed by atoms with Crippen LogP contribution in [0.3, 0.4) is 0 Å². The van der Waals surface area contributed by atoms with Crippen molar-refractivity contribution in [2.45, 2.75) is 13.8 Å². The molecule has 0 N–H and O–H groups in total. The third-order valence-electron chi connectivity index (χ3n) is 2.64. The minimum absolute atomic E-state index is 0.876. The molecule has 0 amide bonds. The maximum atomic E-state index is 4.28. The molecule has 0 aliphatic rings. The Kier molecular flexibility index (Phi) is 2.86. The minimum atomic E-state index is 0.876. The fraction of sp³-hybridized carbons (Fsp3) is 0.231. The van der Waals surface area contributed by atoms with E-state index in [1.165, 1.54) is 5.69 Å². The van der Waals surface area contributed by atoms with E-state index < -0.39 is 0 Å². The molecule has 0 unspecified atom stereocenters. The van der Waals surface area contributed by atoms with Gasteiger partial charge < -0.3 is 4.57 Å². The van der Waals surface area contributed by atoms with E-state index in [0.717, 1.165) is 17.1 Å². The second-order valence-electron chi connectivity index (χ2n) is 3.89. The van der Waals surface area contributed by atoms with Gasteiger partial charge >= 0.3 is 0 Å². The molecule has 2 aromatic rings. The third-order valence-corrected chi connectivity index (χ3v) is 2.64. The lowest BCUT2D eigenvalue weighted by molar-refractivity contribution is 0.868. The van der Waals surface area contributed by atoms with Crippen molar-refractivity contribution < 1.29 is 0 Å². The zero-order valence-electron chi connectivity index (χ0n) is 9.81. The summed E-state index contributed by atoms with van der Waals surface area (Å²) in [5.74, 6) is 0.918. The van der Waals surface area contributed by atoms with Crippen LogP contribution in [0.5, 0.6) is 0 Å². The van der Waals surface area contributed by atoms with E-state index in [1.54, 1.807) is 0 Å². The summed E-state index contributed by atoms with van der Waals surface area (Å²) in [6.07, 6.45) is 0. The monoisotopic (exact) mass is 213 g/mol. The van der Waals surface area contributed by atoms with Crippen LogP contribution in [0, 0.1) is 13.8 Å². The molecular weight excluding hydrogens is 198 g/mol. The van der Waals surface area contributed by atoms with Crippen LogP contribution < -0.4 is 0 Å². The van der Waals surface area contributed by atoms with Gasteiger partial charge in [0.05, 0.1) is 5.69 Å². The molecule has 1 heterocycles. The highest BCUT2D eigenvalue weighted by atomic mass is 15.2. The van der Waals surface area contributed by atoms with Crippen molar-refractivity contribution in [3.8, 4) is 0 Å². The van der Waals surface area contributed by atoms with Crippen LogP contribution >= 0.6 is 0 Å². The minimum Gasteiger partial charge on any atom is -0.332 e. The van der Waals surface area contributed by atoms with Crippen molar-refractivity contribution in [3.05, 3.63) is 47.7 Å². The van der Waals surface area contributed by atoms with Crippen LogP contribution in [0.4, 0.5) is 11.5 Å². The molecule has 1 aromatic heterocycles. The highest BCUT2D eigenvalue weighted by Gasteiger charge is 2.04. The van der Waals surface area contributed by atoms with E-state index in [4.69, 9.17) is 0 Å². The zero-order valence-corrected chi connectivity index (χ0v) is 9.81. The summed E-state index contributed by atoms with van der Waals surface area (Å²) in [6, 6.07) is 11.9. The van der Waals surface area contributed by atoms with Crippen molar-refractivity contribution in [3.63, 3.8) is 0 Å². The van der Waals surface area contributed by atoms with Crippen LogP contribution in [0.2, 0.25) is 0 Å². The normalized spacial score (nSPS) is 11.2. The molecule has 1 aromatic carbocycles. The number of aromatic nitrogens is 1. The van der Waals surface area contributed by atoms with E-state index >= 15 is 0 Å². The predicted octanol–water partition coefficient (Wildman–Crippen LogP) is 4.06. The second kappa shape index (κ2) is 4.31. The van der Waals surface area contributed by atoms with Gasteiger partial charge in [0.2, 0.25) is 0 Å². The molecule has 0 aliphatic carbocycles. The molecule has 2 rings (SSSR count). The molecule has 3 heteroatoms. The van der Waals surface area contributed by atoms with E-state index in [-0.39, 0.29) is 0 Å². The first-order chi connectivity index (χ1) is 7.68. The van der Waals surface area contributed by atoms with Gasteiger partial charge in [-0.3, -0.25) is 0 Å². The zero-order chi connectivity index (χ0) is 11.5. The number of hydrogen-bond donors (Lipinski definition) is 0. The first kappa shape index (κ1) is 10.6. The number of aryl methyl sites for hydroxylation is 2. The molecule has 0 saturated heterocycles. The van der Waals surface area contributed by atoms with Crippen LogP contribution in [-0.2, 0) is 7.05 Å². The lowest BCUT2D eigenvalue weighted by Crippen LogP contribution is -1.88. The van der Waals surface area contributed by atoms with Crippen molar-refractivity contribution in [2.75, 3.05) is 0 Å². The first-order valence-corrected chi connectivity index (χ1v) is 5.28. The Balaban J connectivity index is 2.31. The summed E-state index contributed by atoms with van der Waals surface area (Å²) in [5, 5.41) is 8.50. The molecule has 0 saturated carbocycles. The molecule has 0 fully saturated rings. The molecule has 0 aliphatic heterocycles. The second-order valence-corrected chi connectivity index (χ2v) is 3.89. The van der Waals surface area contributed by atoms with E-state index in [9.17, 15) is 0 Å². The molecule has 0 spiro atoms. The van der Waals surface area contributed by atoms with E-state index in [2.05, 4.69) is 23.2 Å². The van der Waals surface area contributed by atoms with Crippen LogP contribution in [0.1, 0.15) is 11.3 Å². The smallest absolute Gasteiger partial charge is 0.158 e. The summed E-state index contributed by atoms with van der Waals surface area (Å²) < 4.78 is 2.04. The van der Waals surface area contributed by atoms with Crippen molar-refractivity contribution in [2.24, 2.45) is 17.3 Å². The Morgan fingerprint density at radius 1 is 1.00 bits per heavy atom. The predicted molar refractivity (Wildman–Crippen MR) is 65.5 cm³/mol. The average Bonchev–Trinajstić information content (AvgIpc) is 2.53. The summed E-state index contributed by atoms with van der Waals surface area (Å²) >= 11 is 0. The lowest BCUT2D eigenvalue weighted by Gasteiger charge is -1.99. The van der Waals surface area contributed by atoms with Crippen LogP contribution in [0.15, 0.2) is 46.6 Å². The quantitative estimate of drug-likeness (QED) is 0.673. The Labute approximate surface area is 95.4 Å². The topological polar surface area (TPSA) is 29.6 Å². The Bertz CT molecular complexity index is 509. The summed E-state index contributed by atoms with van der Waals surface area (Å²) in [5.41, 5.74) is 3.22. The average molecular weight is 213 g/mol. The lowest BCUT2D eigenvalue weighted by atomic mass is 10.3. The van der Waals surface area contributed by atoms with E-state index in [1.807, 2.05) is 48.9 Å².